The van der Waals surface area contributed by atoms with Crippen LogP contribution in [-0.2, 0) is 11.8 Å². The van der Waals surface area contributed by atoms with Crippen LogP contribution in [0, 0.1) is 12.7 Å². The minimum absolute atomic E-state index is 0.186. The minimum Gasteiger partial charge on any atom is -0.343 e. The molecule has 0 aliphatic heterocycles. The molecule has 0 aliphatic carbocycles. The zero-order valence-corrected chi connectivity index (χ0v) is 15.6. The van der Waals surface area contributed by atoms with E-state index in [9.17, 15) is 14.0 Å². The molecule has 2 amide bonds. The number of halogens is 1. The summed E-state index contributed by atoms with van der Waals surface area (Å²) in [5.41, 5.74) is 2.22. The van der Waals surface area contributed by atoms with Crippen molar-refractivity contribution in [2.75, 3.05) is 6.54 Å². The van der Waals surface area contributed by atoms with Crippen molar-refractivity contribution in [3.05, 3.63) is 89.3 Å². The number of carbonyl (C=O) groups excluding carboxylic acids is 2. The van der Waals surface area contributed by atoms with Crippen molar-refractivity contribution in [2.45, 2.75) is 13.0 Å². The van der Waals surface area contributed by atoms with Crippen LogP contribution in [0.15, 0.2) is 60.9 Å². The van der Waals surface area contributed by atoms with Gasteiger partial charge < -0.3 is 15.2 Å². The Balaban J connectivity index is 1.69. The first-order valence-electron chi connectivity index (χ1n) is 8.81. The van der Waals surface area contributed by atoms with Crippen molar-refractivity contribution in [3.63, 3.8) is 0 Å². The highest BCUT2D eigenvalue weighted by Crippen LogP contribution is 2.20. The quantitative estimate of drug-likeness (QED) is 0.690. The topological polar surface area (TPSA) is 76.0 Å². The Labute approximate surface area is 162 Å². The number of aryl methyl sites for hydroxylation is 2. The summed E-state index contributed by atoms with van der Waals surface area (Å²) in [5, 5.41) is 5.46. The first kappa shape index (κ1) is 19.3. The Bertz CT molecular complexity index is 965. The van der Waals surface area contributed by atoms with E-state index >= 15 is 0 Å². The average Bonchev–Trinajstić information content (AvgIpc) is 3.11. The molecule has 2 N–H and O–H groups in total. The van der Waals surface area contributed by atoms with Crippen LogP contribution in [0.5, 0.6) is 0 Å². The fourth-order valence-electron chi connectivity index (χ4n) is 2.79. The van der Waals surface area contributed by atoms with Gasteiger partial charge in [0.05, 0.1) is 6.54 Å². The van der Waals surface area contributed by atoms with Gasteiger partial charge in [0.25, 0.3) is 5.91 Å². The maximum Gasteiger partial charge on any atom is 0.251 e. The van der Waals surface area contributed by atoms with Crippen molar-refractivity contribution < 1.29 is 14.0 Å². The molecule has 0 bridgehead atoms. The van der Waals surface area contributed by atoms with Crippen LogP contribution in [-0.4, -0.2) is 27.9 Å². The summed E-state index contributed by atoms with van der Waals surface area (Å²) in [6, 6.07) is 12.4. The maximum absolute atomic E-state index is 13.3. The molecular formula is C21H21FN4O2. The smallest absolute Gasteiger partial charge is 0.251 e. The van der Waals surface area contributed by atoms with E-state index in [1.54, 1.807) is 41.2 Å². The van der Waals surface area contributed by atoms with E-state index in [1.165, 1.54) is 12.1 Å². The van der Waals surface area contributed by atoms with Gasteiger partial charge in [-0.1, -0.05) is 29.8 Å². The zero-order chi connectivity index (χ0) is 20.1. The number of nitrogens with zero attached hydrogens (tertiary/aromatic N) is 2. The highest BCUT2D eigenvalue weighted by atomic mass is 19.1. The number of benzene rings is 2. The van der Waals surface area contributed by atoms with E-state index in [0.717, 1.165) is 5.56 Å². The number of nitrogens with one attached hydrogen (secondary N) is 2. The van der Waals surface area contributed by atoms with Gasteiger partial charge in [-0.3, -0.25) is 9.59 Å². The molecule has 0 radical (unpaired) electrons. The molecule has 3 rings (SSSR count). The molecule has 0 spiro atoms. The number of amides is 2. The molecule has 0 saturated carbocycles. The van der Waals surface area contributed by atoms with E-state index in [0.29, 0.717) is 17.0 Å². The number of aromatic nitrogens is 2. The Morgan fingerprint density at radius 3 is 2.39 bits per heavy atom. The van der Waals surface area contributed by atoms with Crippen molar-refractivity contribution in [2.24, 2.45) is 7.05 Å². The van der Waals surface area contributed by atoms with Crippen molar-refractivity contribution in [1.29, 1.82) is 0 Å². The molecule has 1 heterocycles. The van der Waals surface area contributed by atoms with Crippen LogP contribution in [0.1, 0.15) is 33.4 Å². The molecule has 144 valence electrons. The fraction of sp³-hybridized carbons (Fsp3) is 0.190. The number of carbonyl (C=O) groups is 2. The summed E-state index contributed by atoms with van der Waals surface area (Å²) >= 11 is 0. The molecule has 0 saturated heterocycles. The van der Waals surface area contributed by atoms with Crippen LogP contribution in [0.2, 0.25) is 0 Å². The number of hydrogen-bond acceptors (Lipinski definition) is 3. The molecule has 2 aromatic carbocycles. The van der Waals surface area contributed by atoms with Crippen LogP contribution in [0.3, 0.4) is 0 Å². The molecule has 1 atom stereocenters. The third kappa shape index (κ3) is 4.62. The highest BCUT2D eigenvalue weighted by Gasteiger charge is 2.21. The van der Waals surface area contributed by atoms with Gasteiger partial charge >= 0.3 is 0 Å². The lowest BCUT2D eigenvalue weighted by Gasteiger charge is -2.19. The van der Waals surface area contributed by atoms with Gasteiger partial charge in [-0.2, -0.15) is 0 Å². The maximum atomic E-state index is 13.3. The Morgan fingerprint density at radius 1 is 1.11 bits per heavy atom. The van der Waals surface area contributed by atoms with E-state index in [-0.39, 0.29) is 24.2 Å². The van der Waals surface area contributed by atoms with E-state index in [4.69, 9.17) is 0 Å². The third-order valence-electron chi connectivity index (χ3n) is 4.35. The zero-order valence-electron chi connectivity index (χ0n) is 15.6. The second kappa shape index (κ2) is 8.47. The highest BCUT2D eigenvalue weighted by molar-refractivity contribution is 5.96. The van der Waals surface area contributed by atoms with Crippen molar-refractivity contribution >= 4 is 11.8 Å². The van der Waals surface area contributed by atoms with Gasteiger partial charge in [-0.25, -0.2) is 9.37 Å². The fourth-order valence-corrected chi connectivity index (χ4v) is 2.79. The van der Waals surface area contributed by atoms with Gasteiger partial charge in [0.2, 0.25) is 5.91 Å². The molecule has 0 fully saturated rings. The number of imidazole rings is 1. The van der Waals surface area contributed by atoms with Gasteiger partial charge in [0.15, 0.2) is 0 Å². The van der Waals surface area contributed by atoms with Gasteiger partial charge in [0, 0.05) is 25.0 Å². The van der Waals surface area contributed by atoms with Gasteiger partial charge in [-0.05, 0) is 36.8 Å². The summed E-state index contributed by atoms with van der Waals surface area (Å²) in [5.74, 6) is -0.466. The Hall–Kier alpha value is -3.48. The van der Waals surface area contributed by atoms with Crippen molar-refractivity contribution in [1.82, 2.24) is 20.2 Å². The molecule has 1 unspecified atom stereocenters. The standard InChI is InChI=1S/C21H21FN4O2/c1-14-3-5-16(6-4-14)21(28)24-13-18(27)25-19(20-23-11-12-26(20)2)15-7-9-17(22)10-8-15/h3-12,19H,13H2,1-2H3,(H,24,28)(H,25,27). The van der Waals surface area contributed by atoms with Crippen LogP contribution >= 0.6 is 0 Å². The molecule has 7 heteroatoms. The predicted molar refractivity (Wildman–Crippen MR) is 103 cm³/mol. The second-order valence-electron chi connectivity index (χ2n) is 6.50. The Morgan fingerprint density at radius 2 is 1.79 bits per heavy atom. The van der Waals surface area contributed by atoms with Crippen LogP contribution in [0.4, 0.5) is 4.39 Å². The number of hydrogen-bond donors (Lipinski definition) is 2. The lowest BCUT2D eigenvalue weighted by molar-refractivity contribution is -0.120. The third-order valence-corrected chi connectivity index (χ3v) is 4.35. The van der Waals surface area contributed by atoms with E-state index < -0.39 is 6.04 Å². The molecule has 3 aromatic rings. The predicted octanol–water partition coefficient (Wildman–Crippen LogP) is 2.50. The average molecular weight is 380 g/mol. The SMILES string of the molecule is Cc1ccc(C(=O)NCC(=O)NC(c2ccc(F)cc2)c2nccn2C)cc1. The lowest BCUT2D eigenvalue weighted by atomic mass is 10.1. The summed E-state index contributed by atoms with van der Waals surface area (Å²) < 4.78 is 15.1. The molecule has 0 aliphatic rings. The van der Waals surface area contributed by atoms with E-state index in [1.807, 2.05) is 26.1 Å². The van der Waals surface area contributed by atoms with Crippen molar-refractivity contribution in [3.8, 4) is 0 Å². The molecule has 1 aromatic heterocycles. The number of rotatable bonds is 6. The normalized spacial score (nSPS) is 11.7. The monoisotopic (exact) mass is 380 g/mol. The lowest BCUT2D eigenvalue weighted by Crippen LogP contribution is -2.39. The van der Waals surface area contributed by atoms with E-state index in [2.05, 4.69) is 15.6 Å². The Kier molecular flexibility index (Phi) is 5.84. The summed E-state index contributed by atoms with van der Waals surface area (Å²) in [6.45, 7) is 1.75. The first-order chi connectivity index (χ1) is 13.4. The largest absolute Gasteiger partial charge is 0.343 e. The summed E-state index contributed by atoms with van der Waals surface area (Å²) in [7, 11) is 1.81. The minimum atomic E-state index is -0.565. The molecule has 28 heavy (non-hydrogen) atoms. The van der Waals surface area contributed by atoms with Gasteiger partial charge in [0.1, 0.15) is 17.7 Å². The molecular weight excluding hydrogens is 359 g/mol. The van der Waals surface area contributed by atoms with Crippen LogP contribution < -0.4 is 10.6 Å². The molecule has 6 nitrogen and oxygen atoms in total. The second-order valence-corrected chi connectivity index (χ2v) is 6.50. The summed E-state index contributed by atoms with van der Waals surface area (Å²) in [6.07, 6.45) is 3.38. The first-order valence-corrected chi connectivity index (χ1v) is 8.81. The van der Waals surface area contributed by atoms with Crippen LogP contribution in [0.25, 0.3) is 0 Å². The summed E-state index contributed by atoms with van der Waals surface area (Å²) in [4.78, 5) is 28.9. The van der Waals surface area contributed by atoms with Gasteiger partial charge in [-0.15, -0.1) is 0 Å².